The van der Waals surface area contributed by atoms with E-state index in [0.717, 1.165) is 41.3 Å². The van der Waals surface area contributed by atoms with Crippen LogP contribution in [0.4, 0.5) is 11.6 Å². The molecule has 0 aliphatic rings. The van der Waals surface area contributed by atoms with E-state index in [1.54, 1.807) is 45.7 Å². The fourth-order valence-electron chi connectivity index (χ4n) is 4.61. The Morgan fingerprint density at radius 3 is 1.60 bits per heavy atom. The van der Waals surface area contributed by atoms with E-state index >= 15 is 0 Å². The molecule has 2 aromatic carbocycles. The van der Waals surface area contributed by atoms with Crippen molar-refractivity contribution in [3.63, 3.8) is 0 Å². The smallest absolute Gasteiger partial charge is 0.335 e. The van der Waals surface area contributed by atoms with Crippen LogP contribution in [0.1, 0.15) is 22.5 Å². The predicted octanol–water partition coefficient (Wildman–Crippen LogP) is 3.92. The number of hydrogen-bond acceptors (Lipinski definition) is 14. The van der Waals surface area contributed by atoms with Gasteiger partial charge in [-0.25, -0.2) is 51.1 Å². The molecular formula is C35H38N12O6S2. The molecule has 55 heavy (non-hydrogen) atoms. The maximum absolute atomic E-state index is 13.0. The number of hydrogen-bond donors (Lipinski definition) is 1. The summed E-state index contributed by atoms with van der Waals surface area (Å²) < 4.78 is 63.7. The summed E-state index contributed by atoms with van der Waals surface area (Å²) in [6, 6.07) is 18.7. The van der Waals surface area contributed by atoms with Crippen molar-refractivity contribution < 1.29 is 26.3 Å². The van der Waals surface area contributed by atoms with Gasteiger partial charge in [0.1, 0.15) is 54.8 Å². The maximum atomic E-state index is 13.0. The largest absolute Gasteiger partial charge is 0.497 e. The van der Waals surface area contributed by atoms with Gasteiger partial charge in [-0.15, -0.1) is 0 Å². The van der Waals surface area contributed by atoms with Gasteiger partial charge in [0.2, 0.25) is 0 Å². The van der Waals surface area contributed by atoms with Crippen molar-refractivity contribution in [1.82, 2.24) is 46.8 Å². The first-order chi connectivity index (χ1) is 26.5. The van der Waals surface area contributed by atoms with E-state index < -0.39 is 20.4 Å². The summed E-state index contributed by atoms with van der Waals surface area (Å²) >= 11 is 0. The number of imidazole rings is 3. The minimum atomic E-state index is -3.88. The van der Waals surface area contributed by atoms with Crippen molar-refractivity contribution >= 4 is 32.1 Å². The van der Waals surface area contributed by atoms with Crippen LogP contribution in [0, 0.1) is 13.8 Å². The fourth-order valence-corrected chi connectivity index (χ4v) is 6.85. The number of methoxy groups -OCH3 is 2. The monoisotopic (exact) mass is 786 g/mol. The molecule has 0 saturated heterocycles. The molecule has 0 spiro atoms. The van der Waals surface area contributed by atoms with Gasteiger partial charge in [0.05, 0.1) is 20.8 Å². The van der Waals surface area contributed by atoms with Crippen LogP contribution in [0.2, 0.25) is 0 Å². The number of anilines is 2. The first-order valence-corrected chi connectivity index (χ1v) is 19.1. The number of aryl methyl sites for hydroxylation is 2. The van der Waals surface area contributed by atoms with Crippen LogP contribution in [0.5, 0.6) is 11.5 Å². The average Bonchev–Trinajstić information content (AvgIpc) is 4.03. The van der Waals surface area contributed by atoms with Crippen molar-refractivity contribution in [1.29, 1.82) is 0 Å². The Morgan fingerprint density at radius 1 is 0.636 bits per heavy atom. The van der Waals surface area contributed by atoms with Gasteiger partial charge in [-0.05, 0) is 49.2 Å². The third kappa shape index (κ3) is 10.7. The molecule has 7 aromatic rings. The standard InChI is InChI=1S/C16H17N5O3S.C13H15N3O.C6H6N4O2S/c1-13-9-16(19-11-18-13)21(25(22,23)20-8-7-17-12-20)10-14-3-5-15(24-2)6-4-14;1-10-7-13(16-9-15-10)14-8-11-3-5-12(17-2)6-4-11;11-13(12,9-3-1-7-5-9)10-4-2-8-6-10/h3-9,11-12H,10H2,1-2H3;3-7,9H,8H2,1-2H3,(H,14,15,16);1-6H. The lowest BCUT2D eigenvalue weighted by atomic mass is 10.2. The zero-order chi connectivity index (χ0) is 39.3. The van der Waals surface area contributed by atoms with E-state index in [4.69, 9.17) is 9.47 Å². The molecule has 0 aliphatic heterocycles. The summed E-state index contributed by atoms with van der Waals surface area (Å²) in [6.07, 6.45) is 14.9. The van der Waals surface area contributed by atoms with Gasteiger partial charge in [-0.3, -0.25) is 0 Å². The first kappa shape index (κ1) is 39.5. The normalized spacial score (nSPS) is 11.0. The molecule has 0 fully saturated rings. The maximum Gasteiger partial charge on any atom is 0.335 e. The average molecular weight is 787 g/mol. The first-order valence-electron chi connectivity index (χ1n) is 16.3. The summed E-state index contributed by atoms with van der Waals surface area (Å²) in [5.74, 6) is 2.70. The SMILES string of the molecule is COc1ccc(CN(c2cc(C)ncn2)S(=O)(=O)n2ccnc2)cc1.COc1ccc(CNc2cc(C)ncn2)cc1.O=S(=O)(n1ccnc1)n1ccnc1. The van der Waals surface area contributed by atoms with E-state index in [2.05, 4.69) is 40.2 Å². The Balaban J connectivity index is 0.000000168. The lowest BCUT2D eigenvalue weighted by molar-refractivity contribution is 0.414. The van der Waals surface area contributed by atoms with E-state index in [1.807, 2.05) is 49.4 Å². The van der Waals surface area contributed by atoms with Gasteiger partial charge >= 0.3 is 20.4 Å². The highest BCUT2D eigenvalue weighted by molar-refractivity contribution is 7.91. The highest BCUT2D eigenvalue weighted by Gasteiger charge is 2.26. The molecule has 20 heteroatoms. The van der Waals surface area contributed by atoms with Crippen LogP contribution in [-0.4, -0.2) is 77.9 Å². The molecule has 0 saturated carbocycles. The van der Waals surface area contributed by atoms with Gasteiger partial charge in [0, 0.05) is 67.2 Å². The quantitative estimate of drug-likeness (QED) is 0.186. The van der Waals surface area contributed by atoms with E-state index in [-0.39, 0.29) is 12.4 Å². The van der Waals surface area contributed by atoms with E-state index in [9.17, 15) is 16.8 Å². The Morgan fingerprint density at radius 2 is 1.13 bits per heavy atom. The van der Waals surface area contributed by atoms with Crippen molar-refractivity contribution in [3.05, 3.63) is 152 Å². The van der Waals surface area contributed by atoms with Crippen LogP contribution in [-0.2, 0) is 33.5 Å². The molecule has 0 unspecified atom stereocenters. The van der Waals surface area contributed by atoms with Crippen LogP contribution < -0.4 is 19.1 Å². The summed E-state index contributed by atoms with van der Waals surface area (Å²) in [5, 5.41) is 3.25. The van der Waals surface area contributed by atoms with Crippen molar-refractivity contribution in [3.8, 4) is 11.5 Å². The van der Waals surface area contributed by atoms with Crippen molar-refractivity contribution in [2.45, 2.75) is 26.9 Å². The zero-order valence-corrected chi connectivity index (χ0v) is 31.9. The van der Waals surface area contributed by atoms with Gasteiger partial charge in [0.25, 0.3) is 0 Å². The summed E-state index contributed by atoms with van der Waals surface area (Å²) in [6.45, 7) is 4.57. The van der Waals surface area contributed by atoms with Gasteiger partial charge < -0.3 is 14.8 Å². The molecule has 0 atom stereocenters. The summed E-state index contributed by atoms with van der Waals surface area (Å²) in [4.78, 5) is 27.5. The molecule has 286 valence electrons. The summed E-state index contributed by atoms with van der Waals surface area (Å²) in [7, 11) is -4.18. The third-order valence-electron chi connectivity index (χ3n) is 7.48. The van der Waals surface area contributed by atoms with Gasteiger partial charge in [-0.2, -0.15) is 16.8 Å². The van der Waals surface area contributed by atoms with Gasteiger partial charge in [0.15, 0.2) is 0 Å². The number of ether oxygens (including phenoxy) is 2. The second-order valence-corrected chi connectivity index (χ2v) is 14.8. The molecule has 0 aliphatic carbocycles. The predicted molar refractivity (Wildman–Crippen MR) is 204 cm³/mol. The lowest BCUT2D eigenvalue weighted by Gasteiger charge is -2.23. The second-order valence-electron chi connectivity index (χ2n) is 11.3. The van der Waals surface area contributed by atoms with Crippen LogP contribution >= 0.6 is 0 Å². The molecule has 18 nitrogen and oxygen atoms in total. The number of benzene rings is 2. The zero-order valence-electron chi connectivity index (χ0n) is 30.2. The molecule has 5 aromatic heterocycles. The fraction of sp³-hybridized carbons (Fsp3) is 0.171. The molecule has 7 rings (SSSR count). The number of nitrogens with one attached hydrogen (secondary N) is 1. The number of rotatable bonds is 12. The molecule has 5 heterocycles. The number of nitrogens with zero attached hydrogens (tertiary/aromatic N) is 11. The minimum absolute atomic E-state index is 0.112. The Kier molecular flexibility index (Phi) is 13.2. The Bertz CT molecular complexity index is 2390. The summed E-state index contributed by atoms with van der Waals surface area (Å²) in [5.41, 5.74) is 3.60. The van der Waals surface area contributed by atoms with E-state index in [1.165, 1.54) is 72.4 Å². The molecular weight excluding hydrogens is 749 g/mol. The van der Waals surface area contributed by atoms with Crippen molar-refractivity contribution in [2.24, 2.45) is 0 Å². The van der Waals surface area contributed by atoms with Gasteiger partial charge in [-0.1, -0.05) is 24.3 Å². The molecule has 0 bridgehead atoms. The van der Waals surface area contributed by atoms with Crippen molar-refractivity contribution in [2.75, 3.05) is 23.8 Å². The lowest BCUT2D eigenvalue weighted by Crippen LogP contribution is -2.35. The minimum Gasteiger partial charge on any atom is -0.497 e. The van der Waals surface area contributed by atoms with E-state index in [0.29, 0.717) is 11.4 Å². The van der Waals surface area contributed by atoms with Crippen LogP contribution in [0.15, 0.2) is 129 Å². The molecule has 0 amide bonds. The Hall–Kier alpha value is -6.67. The highest BCUT2D eigenvalue weighted by atomic mass is 32.2. The second kappa shape index (κ2) is 18.4. The number of aromatic nitrogens is 10. The molecule has 0 radical (unpaired) electrons. The topological polar surface area (TPSA) is 207 Å². The Labute approximate surface area is 318 Å². The van der Waals surface area contributed by atoms with Crippen LogP contribution in [0.25, 0.3) is 0 Å². The van der Waals surface area contributed by atoms with Crippen LogP contribution in [0.3, 0.4) is 0 Å². The molecule has 1 N–H and O–H groups in total. The highest BCUT2D eigenvalue weighted by Crippen LogP contribution is 2.22. The third-order valence-corrected chi connectivity index (χ3v) is 10.6.